The first kappa shape index (κ1) is 21.5. The van der Waals surface area contributed by atoms with Gasteiger partial charge in [-0.15, -0.1) is 0 Å². The summed E-state index contributed by atoms with van der Waals surface area (Å²) in [6.07, 6.45) is 1.08. The second-order valence-corrected chi connectivity index (χ2v) is 7.21. The summed E-state index contributed by atoms with van der Waals surface area (Å²) in [4.78, 5) is 19.1. The van der Waals surface area contributed by atoms with Gasteiger partial charge in [-0.25, -0.2) is 0 Å². The Bertz CT molecular complexity index is 782. The number of carbonyl (C=O) groups is 1. The van der Waals surface area contributed by atoms with Crippen molar-refractivity contribution in [2.45, 2.75) is 19.4 Å². The fourth-order valence-corrected chi connectivity index (χ4v) is 3.26. The van der Waals surface area contributed by atoms with Crippen molar-refractivity contribution in [2.75, 3.05) is 45.7 Å². The van der Waals surface area contributed by atoms with Crippen LogP contribution in [0.4, 0.5) is 5.69 Å². The van der Waals surface area contributed by atoms with Gasteiger partial charge < -0.3 is 14.7 Å². The van der Waals surface area contributed by atoms with E-state index in [0.717, 1.165) is 30.8 Å². The summed E-state index contributed by atoms with van der Waals surface area (Å²) >= 11 is 0. The lowest BCUT2D eigenvalue weighted by atomic mass is 10.0. The Morgan fingerprint density at radius 3 is 2.25 bits per heavy atom. The van der Waals surface area contributed by atoms with E-state index in [-0.39, 0.29) is 18.5 Å². The molecule has 0 radical (unpaired) electrons. The summed E-state index contributed by atoms with van der Waals surface area (Å²) < 4.78 is 0. The Kier molecular flexibility index (Phi) is 8.03. The van der Waals surface area contributed by atoms with Crippen molar-refractivity contribution in [1.82, 2.24) is 9.80 Å². The third-order valence-electron chi connectivity index (χ3n) is 4.94. The van der Waals surface area contributed by atoms with Gasteiger partial charge in [-0.2, -0.15) is 5.26 Å². The second kappa shape index (κ2) is 10.5. The van der Waals surface area contributed by atoms with Gasteiger partial charge in [-0.1, -0.05) is 37.3 Å². The molecule has 148 valence electrons. The highest BCUT2D eigenvalue weighted by Crippen LogP contribution is 2.21. The number of carbonyl (C=O) groups excluding carboxylic acids is 1. The number of hydrogen-bond donors (Lipinski definition) is 0. The molecule has 5 heteroatoms. The molecule has 0 fully saturated rings. The SMILES string of the molecule is CCCN(C)CC(c1ccccc1)N(C)C(=O)CN(C)c1ccc(C#N)cc1. The van der Waals surface area contributed by atoms with Crippen LogP contribution in [0.5, 0.6) is 0 Å². The lowest BCUT2D eigenvalue weighted by Gasteiger charge is -2.33. The highest BCUT2D eigenvalue weighted by Gasteiger charge is 2.23. The molecule has 0 saturated heterocycles. The predicted octanol–water partition coefficient (Wildman–Crippen LogP) is 3.54. The maximum absolute atomic E-state index is 13.0. The number of amides is 1. The number of hydrogen-bond acceptors (Lipinski definition) is 4. The van der Waals surface area contributed by atoms with Gasteiger partial charge in [0.2, 0.25) is 5.91 Å². The Morgan fingerprint density at radius 1 is 1.04 bits per heavy atom. The molecule has 0 N–H and O–H groups in total. The van der Waals surface area contributed by atoms with Gasteiger partial charge in [0.05, 0.1) is 24.2 Å². The summed E-state index contributed by atoms with van der Waals surface area (Å²) in [7, 11) is 5.88. The van der Waals surface area contributed by atoms with Gasteiger partial charge in [0.15, 0.2) is 0 Å². The van der Waals surface area contributed by atoms with Gasteiger partial charge in [-0.3, -0.25) is 4.79 Å². The van der Waals surface area contributed by atoms with Gasteiger partial charge >= 0.3 is 0 Å². The third kappa shape index (κ3) is 5.83. The van der Waals surface area contributed by atoms with Crippen molar-refractivity contribution < 1.29 is 4.79 Å². The van der Waals surface area contributed by atoms with E-state index in [4.69, 9.17) is 5.26 Å². The van der Waals surface area contributed by atoms with E-state index in [1.54, 1.807) is 12.1 Å². The van der Waals surface area contributed by atoms with E-state index in [1.165, 1.54) is 0 Å². The fourth-order valence-electron chi connectivity index (χ4n) is 3.26. The van der Waals surface area contributed by atoms with Crippen LogP contribution in [0.3, 0.4) is 0 Å². The minimum absolute atomic E-state index is 0.000357. The largest absolute Gasteiger partial charge is 0.365 e. The summed E-state index contributed by atoms with van der Waals surface area (Å²) in [6.45, 7) is 4.23. The molecular weight excluding hydrogens is 348 g/mol. The zero-order valence-electron chi connectivity index (χ0n) is 17.3. The number of nitrogens with zero attached hydrogens (tertiary/aromatic N) is 4. The molecule has 0 aromatic heterocycles. The number of likely N-dealkylation sites (N-methyl/N-ethyl adjacent to an activating group) is 3. The Morgan fingerprint density at radius 2 is 1.68 bits per heavy atom. The highest BCUT2D eigenvalue weighted by molar-refractivity contribution is 5.81. The van der Waals surface area contributed by atoms with Crippen LogP contribution in [0.15, 0.2) is 54.6 Å². The summed E-state index contributed by atoms with van der Waals surface area (Å²) in [5.41, 5.74) is 2.67. The first-order chi connectivity index (χ1) is 13.5. The molecular formula is C23H30N4O. The molecule has 2 rings (SSSR count). The second-order valence-electron chi connectivity index (χ2n) is 7.21. The predicted molar refractivity (Wildman–Crippen MR) is 114 cm³/mol. The average Bonchev–Trinajstić information content (AvgIpc) is 2.72. The van der Waals surface area contributed by atoms with E-state index < -0.39 is 0 Å². The maximum Gasteiger partial charge on any atom is 0.242 e. The van der Waals surface area contributed by atoms with E-state index in [1.807, 2.05) is 54.2 Å². The number of benzene rings is 2. The van der Waals surface area contributed by atoms with Crippen molar-refractivity contribution in [3.8, 4) is 6.07 Å². The van der Waals surface area contributed by atoms with Gasteiger partial charge in [0.1, 0.15) is 0 Å². The Labute approximate surface area is 168 Å². The molecule has 1 unspecified atom stereocenters. The van der Waals surface area contributed by atoms with Gasteiger partial charge in [-0.05, 0) is 49.8 Å². The van der Waals surface area contributed by atoms with Crippen LogP contribution in [-0.4, -0.2) is 56.5 Å². The number of anilines is 1. The molecule has 5 nitrogen and oxygen atoms in total. The van der Waals surface area contributed by atoms with Crippen LogP contribution in [0.25, 0.3) is 0 Å². The minimum Gasteiger partial charge on any atom is -0.365 e. The molecule has 0 spiro atoms. The van der Waals surface area contributed by atoms with Crippen molar-refractivity contribution in [3.05, 3.63) is 65.7 Å². The first-order valence-electron chi connectivity index (χ1n) is 9.66. The molecule has 0 bridgehead atoms. The fraction of sp³-hybridized carbons (Fsp3) is 0.391. The number of nitriles is 1. The van der Waals surface area contributed by atoms with Crippen molar-refractivity contribution in [2.24, 2.45) is 0 Å². The Balaban J connectivity index is 2.12. The molecule has 2 aromatic rings. The average molecular weight is 379 g/mol. The van der Waals surface area contributed by atoms with Crippen molar-refractivity contribution in [1.29, 1.82) is 5.26 Å². The molecule has 28 heavy (non-hydrogen) atoms. The normalized spacial score (nSPS) is 11.7. The van der Waals surface area contributed by atoms with Crippen LogP contribution >= 0.6 is 0 Å². The lowest BCUT2D eigenvalue weighted by molar-refractivity contribution is -0.130. The van der Waals surface area contributed by atoms with Crippen LogP contribution < -0.4 is 4.90 Å². The molecule has 1 amide bonds. The van der Waals surface area contributed by atoms with E-state index in [2.05, 4.69) is 37.1 Å². The molecule has 2 aromatic carbocycles. The van der Waals surface area contributed by atoms with E-state index >= 15 is 0 Å². The van der Waals surface area contributed by atoms with Crippen molar-refractivity contribution >= 4 is 11.6 Å². The van der Waals surface area contributed by atoms with Gasteiger partial charge in [0, 0.05) is 26.3 Å². The van der Waals surface area contributed by atoms with E-state index in [0.29, 0.717) is 5.56 Å². The monoisotopic (exact) mass is 378 g/mol. The molecule has 0 aliphatic rings. The number of rotatable bonds is 9. The lowest BCUT2D eigenvalue weighted by Crippen LogP contribution is -2.42. The topological polar surface area (TPSA) is 50.6 Å². The van der Waals surface area contributed by atoms with E-state index in [9.17, 15) is 4.79 Å². The van der Waals surface area contributed by atoms with Crippen LogP contribution in [0.2, 0.25) is 0 Å². The zero-order valence-corrected chi connectivity index (χ0v) is 17.3. The standard InChI is InChI=1S/C23H30N4O/c1-5-15-25(2)17-22(20-9-7-6-8-10-20)27(4)23(28)18-26(3)21-13-11-19(16-24)12-14-21/h6-14,22H,5,15,17-18H2,1-4H3. The molecule has 0 saturated carbocycles. The zero-order chi connectivity index (χ0) is 20.5. The minimum atomic E-state index is -0.000357. The molecule has 0 aliphatic carbocycles. The van der Waals surface area contributed by atoms with Gasteiger partial charge in [0.25, 0.3) is 0 Å². The summed E-state index contributed by atoms with van der Waals surface area (Å²) in [5.74, 6) is 0.0608. The van der Waals surface area contributed by atoms with Crippen molar-refractivity contribution in [3.63, 3.8) is 0 Å². The summed E-state index contributed by atoms with van der Waals surface area (Å²) in [6, 6.07) is 19.6. The smallest absolute Gasteiger partial charge is 0.242 e. The molecule has 1 atom stereocenters. The first-order valence-corrected chi connectivity index (χ1v) is 9.66. The molecule has 0 heterocycles. The van der Waals surface area contributed by atoms with Crippen LogP contribution in [-0.2, 0) is 4.79 Å². The molecule has 0 aliphatic heterocycles. The third-order valence-corrected chi connectivity index (χ3v) is 4.94. The van der Waals surface area contributed by atoms with Crippen LogP contribution in [0.1, 0.15) is 30.5 Å². The van der Waals surface area contributed by atoms with Crippen LogP contribution in [0, 0.1) is 11.3 Å². The highest BCUT2D eigenvalue weighted by atomic mass is 16.2. The maximum atomic E-state index is 13.0. The quantitative estimate of drug-likeness (QED) is 0.670. The Hall–Kier alpha value is -2.84. The summed E-state index contributed by atoms with van der Waals surface area (Å²) in [5, 5.41) is 8.94.